The van der Waals surface area contributed by atoms with Gasteiger partial charge < -0.3 is 0 Å². The molecule has 0 aliphatic rings. The molecule has 0 saturated carbocycles. The molecule has 2 aromatic rings. The summed E-state index contributed by atoms with van der Waals surface area (Å²) in [5, 5.41) is 3.97. The van der Waals surface area contributed by atoms with Crippen LogP contribution in [-0.2, 0) is 16.4 Å². The van der Waals surface area contributed by atoms with Gasteiger partial charge in [-0.25, -0.2) is 12.8 Å². The highest BCUT2D eigenvalue weighted by atomic mass is 32.2. The maximum Gasteiger partial charge on any atom is 0.178 e. The van der Waals surface area contributed by atoms with Gasteiger partial charge in [-0.15, -0.1) is 0 Å². The van der Waals surface area contributed by atoms with E-state index in [0.717, 1.165) is 4.88 Å². The van der Waals surface area contributed by atoms with Gasteiger partial charge in [-0.1, -0.05) is 0 Å². The molecule has 0 fully saturated rings. The van der Waals surface area contributed by atoms with Crippen molar-refractivity contribution in [2.45, 2.75) is 11.4 Å². The van der Waals surface area contributed by atoms with E-state index in [4.69, 9.17) is 0 Å². The molecule has 2 aromatic heterocycles. The number of rotatable bonds is 3. The van der Waals surface area contributed by atoms with Crippen LogP contribution in [-0.4, -0.2) is 28.8 Å². The minimum atomic E-state index is -3.16. The molecule has 7 heteroatoms. The summed E-state index contributed by atoms with van der Waals surface area (Å²) in [6, 6.07) is 1.88. The Labute approximate surface area is 91.5 Å². The van der Waals surface area contributed by atoms with Crippen molar-refractivity contribution < 1.29 is 8.42 Å². The molecular weight excluding hydrogens is 234 g/mol. The molecule has 0 unspecified atom stereocenters. The predicted octanol–water partition coefficient (Wildman–Crippen LogP) is 0.791. The fraction of sp³-hybridized carbons (Fsp3) is 0.250. The van der Waals surface area contributed by atoms with Gasteiger partial charge in [-0.05, 0) is 17.6 Å². The number of hydrogen-bond donors (Lipinski definition) is 0. The van der Waals surface area contributed by atoms with Crippen molar-refractivity contribution >= 4 is 21.4 Å². The Morgan fingerprint density at radius 1 is 1.53 bits per heavy atom. The summed E-state index contributed by atoms with van der Waals surface area (Å²) in [6.07, 6.45) is 5.76. The summed E-state index contributed by atoms with van der Waals surface area (Å²) in [5.74, 6) is 0. The van der Waals surface area contributed by atoms with Crippen molar-refractivity contribution in [1.29, 1.82) is 0 Å². The second kappa shape index (κ2) is 3.74. The first-order valence-electron chi connectivity index (χ1n) is 4.18. The largest absolute Gasteiger partial charge is 0.266 e. The molecule has 0 aliphatic carbocycles. The monoisotopic (exact) mass is 243 g/mol. The Morgan fingerprint density at radius 2 is 2.33 bits per heavy atom. The highest BCUT2D eigenvalue weighted by Crippen LogP contribution is 2.10. The number of sulfone groups is 1. The fourth-order valence-corrected chi connectivity index (χ4v) is 2.23. The van der Waals surface area contributed by atoms with Crippen LogP contribution in [0.5, 0.6) is 0 Å². The van der Waals surface area contributed by atoms with Gasteiger partial charge in [0.2, 0.25) is 0 Å². The lowest BCUT2D eigenvalue weighted by atomic mass is 10.5. The van der Waals surface area contributed by atoms with Crippen LogP contribution in [0.3, 0.4) is 0 Å². The maximum atomic E-state index is 11.2. The van der Waals surface area contributed by atoms with Crippen LogP contribution in [0, 0.1) is 0 Å². The third-order valence-corrected chi connectivity index (χ3v) is 3.64. The molecule has 0 radical (unpaired) electrons. The topological polar surface area (TPSA) is 64.8 Å². The second-order valence-corrected chi connectivity index (χ2v) is 6.06. The third kappa shape index (κ3) is 2.42. The van der Waals surface area contributed by atoms with Gasteiger partial charge in [0.15, 0.2) is 9.84 Å². The van der Waals surface area contributed by atoms with Crippen LogP contribution in [0.4, 0.5) is 0 Å². The van der Waals surface area contributed by atoms with E-state index in [9.17, 15) is 8.42 Å². The average Bonchev–Trinajstić information content (AvgIpc) is 2.73. The average molecular weight is 243 g/mol. The van der Waals surface area contributed by atoms with Crippen molar-refractivity contribution in [3.63, 3.8) is 0 Å². The molecule has 0 spiro atoms. The van der Waals surface area contributed by atoms with Crippen molar-refractivity contribution in [3.05, 3.63) is 29.5 Å². The van der Waals surface area contributed by atoms with Gasteiger partial charge in [0, 0.05) is 23.5 Å². The van der Waals surface area contributed by atoms with Crippen LogP contribution in [0.1, 0.15) is 4.88 Å². The first kappa shape index (κ1) is 10.3. The quantitative estimate of drug-likeness (QED) is 0.799. The summed E-state index contributed by atoms with van der Waals surface area (Å²) in [4.78, 5) is 1.28. The van der Waals surface area contributed by atoms with Crippen LogP contribution >= 0.6 is 11.5 Å². The smallest absolute Gasteiger partial charge is 0.178 e. The van der Waals surface area contributed by atoms with Crippen LogP contribution in [0.25, 0.3) is 0 Å². The molecular formula is C8H9N3O2S2. The molecule has 2 heterocycles. The lowest BCUT2D eigenvalue weighted by Gasteiger charge is -1.95. The normalized spacial score (nSPS) is 11.8. The van der Waals surface area contributed by atoms with E-state index in [1.165, 1.54) is 30.2 Å². The zero-order valence-electron chi connectivity index (χ0n) is 7.99. The minimum absolute atomic E-state index is 0.243. The molecule has 0 bridgehead atoms. The zero-order valence-corrected chi connectivity index (χ0v) is 9.62. The van der Waals surface area contributed by atoms with Gasteiger partial charge in [0.25, 0.3) is 0 Å². The van der Waals surface area contributed by atoms with E-state index in [0.29, 0.717) is 6.54 Å². The second-order valence-electron chi connectivity index (χ2n) is 3.12. The Hall–Kier alpha value is -1.21. The summed E-state index contributed by atoms with van der Waals surface area (Å²) < 4.78 is 27.9. The SMILES string of the molecule is CS(=O)(=O)c1cnn(Cc2ccns2)c1. The standard InChI is InChI=1S/C8H9N3O2S2/c1-15(12,13)8-4-9-11(6-8)5-7-2-3-10-14-7/h2-4,6H,5H2,1H3. The molecule has 0 N–H and O–H groups in total. The highest BCUT2D eigenvalue weighted by molar-refractivity contribution is 7.90. The Morgan fingerprint density at radius 3 is 2.87 bits per heavy atom. The fourth-order valence-electron chi connectivity index (χ4n) is 1.11. The van der Waals surface area contributed by atoms with Crippen molar-refractivity contribution in [2.24, 2.45) is 0 Å². The van der Waals surface area contributed by atoms with E-state index in [1.54, 1.807) is 10.9 Å². The summed E-state index contributed by atoms with van der Waals surface area (Å²) in [5.41, 5.74) is 0. The van der Waals surface area contributed by atoms with Gasteiger partial charge in [-0.2, -0.15) is 5.10 Å². The van der Waals surface area contributed by atoms with Crippen LogP contribution in [0.15, 0.2) is 29.6 Å². The molecule has 0 aliphatic heterocycles. The summed E-state index contributed by atoms with van der Waals surface area (Å²) in [6.45, 7) is 0.556. The number of hydrogen-bond acceptors (Lipinski definition) is 5. The predicted molar refractivity (Wildman–Crippen MR) is 56.6 cm³/mol. The first-order chi connectivity index (χ1) is 7.05. The van der Waals surface area contributed by atoms with E-state index in [2.05, 4.69) is 9.47 Å². The van der Waals surface area contributed by atoms with Crippen LogP contribution < -0.4 is 0 Å². The summed E-state index contributed by atoms with van der Waals surface area (Å²) in [7, 11) is -3.16. The third-order valence-electron chi connectivity index (χ3n) is 1.85. The molecule has 0 aromatic carbocycles. The van der Waals surface area contributed by atoms with Gasteiger partial charge in [0.1, 0.15) is 4.90 Å². The van der Waals surface area contributed by atoms with E-state index < -0.39 is 9.84 Å². The van der Waals surface area contributed by atoms with Crippen molar-refractivity contribution in [3.8, 4) is 0 Å². The van der Waals surface area contributed by atoms with E-state index in [-0.39, 0.29) is 4.90 Å². The molecule has 2 rings (SSSR count). The highest BCUT2D eigenvalue weighted by Gasteiger charge is 2.10. The lowest BCUT2D eigenvalue weighted by molar-refractivity contribution is 0.601. The molecule has 0 saturated heterocycles. The Kier molecular flexibility index (Phi) is 2.57. The molecule has 0 atom stereocenters. The van der Waals surface area contributed by atoms with E-state index >= 15 is 0 Å². The Balaban J connectivity index is 2.22. The van der Waals surface area contributed by atoms with Gasteiger partial charge in [0.05, 0.1) is 12.7 Å². The molecule has 0 amide bonds. The molecule has 15 heavy (non-hydrogen) atoms. The maximum absolute atomic E-state index is 11.2. The van der Waals surface area contributed by atoms with Crippen molar-refractivity contribution in [1.82, 2.24) is 14.2 Å². The lowest BCUT2D eigenvalue weighted by Crippen LogP contribution is -1.98. The van der Waals surface area contributed by atoms with Crippen molar-refractivity contribution in [2.75, 3.05) is 6.26 Å². The number of aromatic nitrogens is 3. The Bertz CT molecular complexity index is 542. The van der Waals surface area contributed by atoms with Gasteiger partial charge in [-0.3, -0.25) is 4.68 Å². The zero-order chi connectivity index (χ0) is 10.9. The van der Waals surface area contributed by atoms with Crippen LogP contribution in [0.2, 0.25) is 0 Å². The van der Waals surface area contributed by atoms with E-state index in [1.807, 2.05) is 6.07 Å². The minimum Gasteiger partial charge on any atom is -0.266 e. The number of nitrogens with zero attached hydrogens (tertiary/aromatic N) is 3. The first-order valence-corrected chi connectivity index (χ1v) is 6.84. The van der Waals surface area contributed by atoms with Gasteiger partial charge >= 0.3 is 0 Å². The summed E-state index contributed by atoms with van der Waals surface area (Å²) >= 11 is 1.37. The molecule has 5 nitrogen and oxygen atoms in total. The molecule has 80 valence electrons.